The lowest BCUT2D eigenvalue weighted by Crippen LogP contribution is -2.19. The van der Waals surface area contributed by atoms with E-state index in [9.17, 15) is 14.4 Å². The normalized spacial score (nSPS) is 16.0. The van der Waals surface area contributed by atoms with Gasteiger partial charge in [-0.2, -0.15) is 0 Å². The lowest BCUT2D eigenvalue weighted by molar-refractivity contribution is -0.145. The second kappa shape index (κ2) is 6.89. The number of fused-ring (bicyclic) bond motifs is 1. The fourth-order valence-electron chi connectivity index (χ4n) is 2.47. The van der Waals surface area contributed by atoms with E-state index in [1.165, 1.54) is 32.7 Å². The molecule has 7 nitrogen and oxygen atoms in total. The van der Waals surface area contributed by atoms with Crippen LogP contribution in [0.5, 0.6) is 0 Å². The Morgan fingerprint density at radius 2 is 1.91 bits per heavy atom. The Hall–Kier alpha value is -1.93. The van der Waals surface area contributed by atoms with E-state index >= 15 is 0 Å². The Morgan fingerprint density at radius 3 is 2.50 bits per heavy atom. The molecule has 1 unspecified atom stereocenters. The molecule has 0 bridgehead atoms. The molecule has 2 rings (SSSR count). The fourth-order valence-corrected chi connectivity index (χ4v) is 3.78. The van der Waals surface area contributed by atoms with E-state index in [1.54, 1.807) is 0 Å². The second-order valence-corrected chi connectivity index (χ2v) is 5.91. The van der Waals surface area contributed by atoms with E-state index in [0.29, 0.717) is 23.4 Å². The van der Waals surface area contributed by atoms with Crippen LogP contribution in [-0.4, -0.2) is 45.8 Å². The van der Waals surface area contributed by atoms with Crippen molar-refractivity contribution < 1.29 is 28.6 Å². The molecule has 0 aliphatic heterocycles. The molecule has 8 heteroatoms. The van der Waals surface area contributed by atoms with Gasteiger partial charge in [-0.3, -0.25) is 9.59 Å². The highest BCUT2D eigenvalue weighted by atomic mass is 32.1. The Morgan fingerprint density at radius 1 is 1.18 bits per heavy atom. The summed E-state index contributed by atoms with van der Waals surface area (Å²) in [6.45, 7) is -0.103. The average molecular weight is 327 g/mol. The minimum atomic E-state index is -0.532. The number of ether oxygens (including phenoxy) is 3. The lowest BCUT2D eigenvalue weighted by atomic mass is 10.1. The van der Waals surface area contributed by atoms with Gasteiger partial charge in [0.2, 0.25) is 0 Å². The molecular formula is C14H17NO6S. The van der Waals surface area contributed by atoms with Crippen molar-refractivity contribution in [1.29, 1.82) is 0 Å². The van der Waals surface area contributed by atoms with Gasteiger partial charge in [-0.25, -0.2) is 4.79 Å². The van der Waals surface area contributed by atoms with Crippen molar-refractivity contribution in [2.45, 2.75) is 12.8 Å². The van der Waals surface area contributed by atoms with Crippen LogP contribution in [-0.2, 0) is 36.6 Å². The van der Waals surface area contributed by atoms with Crippen LogP contribution in [0.25, 0.3) is 0 Å². The zero-order valence-electron chi connectivity index (χ0n) is 12.6. The van der Waals surface area contributed by atoms with Crippen LogP contribution in [0.1, 0.15) is 20.8 Å². The molecule has 1 aliphatic rings. The third-order valence-corrected chi connectivity index (χ3v) is 4.60. The second-order valence-electron chi connectivity index (χ2n) is 4.81. The van der Waals surface area contributed by atoms with E-state index in [2.05, 4.69) is 5.32 Å². The van der Waals surface area contributed by atoms with Gasteiger partial charge in [-0.1, -0.05) is 0 Å². The molecule has 0 saturated heterocycles. The van der Waals surface area contributed by atoms with E-state index in [-0.39, 0.29) is 24.4 Å². The van der Waals surface area contributed by atoms with Crippen molar-refractivity contribution in [3.63, 3.8) is 0 Å². The van der Waals surface area contributed by atoms with Gasteiger partial charge >= 0.3 is 11.9 Å². The monoisotopic (exact) mass is 327 g/mol. The highest BCUT2D eigenvalue weighted by Gasteiger charge is 2.36. The molecule has 0 saturated carbocycles. The zero-order chi connectivity index (χ0) is 16.3. The van der Waals surface area contributed by atoms with Crippen molar-refractivity contribution in [2.75, 3.05) is 33.3 Å². The van der Waals surface area contributed by atoms with Crippen LogP contribution in [0.4, 0.5) is 5.00 Å². The maximum atomic E-state index is 12.0. The quantitative estimate of drug-likeness (QED) is 0.812. The largest absolute Gasteiger partial charge is 0.469 e. The smallest absolute Gasteiger partial charge is 0.341 e. The van der Waals surface area contributed by atoms with Gasteiger partial charge in [0.25, 0.3) is 5.91 Å². The summed E-state index contributed by atoms with van der Waals surface area (Å²) >= 11 is 1.28. The lowest BCUT2D eigenvalue weighted by Gasteiger charge is -2.09. The molecule has 0 aromatic carbocycles. The number of amides is 1. The summed E-state index contributed by atoms with van der Waals surface area (Å²) in [4.78, 5) is 36.2. The first-order valence-electron chi connectivity index (χ1n) is 6.61. The highest BCUT2D eigenvalue weighted by Crippen LogP contribution is 2.41. The van der Waals surface area contributed by atoms with Crippen molar-refractivity contribution >= 4 is 34.2 Å². The van der Waals surface area contributed by atoms with Gasteiger partial charge in [0, 0.05) is 12.0 Å². The van der Waals surface area contributed by atoms with Gasteiger partial charge in [0.05, 0.1) is 25.7 Å². The maximum Gasteiger partial charge on any atom is 0.341 e. The first-order chi connectivity index (χ1) is 10.5. The Balaban J connectivity index is 2.30. The van der Waals surface area contributed by atoms with Gasteiger partial charge in [0.15, 0.2) is 0 Å². The summed E-state index contributed by atoms with van der Waals surface area (Å²) < 4.78 is 14.3. The first-order valence-corrected chi connectivity index (χ1v) is 7.42. The zero-order valence-corrected chi connectivity index (χ0v) is 13.4. The van der Waals surface area contributed by atoms with Gasteiger partial charge in [-0.15, -0.1) is 11.3 Å². The molecule has 1 aromatic heterocycles. The van der Waals surface area contributed by atoms with Crippen molar-refractivity contribution in [1.82, 2.24) is 0 Å². The molecule has 0 spiro atoms. The van der Waals surface area contributed by atoms with Crippen LogP contribution in [0.2, 0.25) is 0 Å². The number of carbonyl (C=O) groups is 3. The maximum absolute atomic E-state index is 12.0. The minimum Gasteiger partial charge on any atom is -0.469 e. The Bertz CT molecular complexity index is 609. The number of methoxy groups -OCH3 is 3. The first kappa shape index (κ1) is 16.4. The van der Waals surface area contributed by atoms with Crippen molar-refractivity contribution in [3.8, 4) is 0 Å². The average Bonchev–Trinajstić information content (AvgIpc) is 3.03. The van der Waals surface area contributed by atoms with E-state index in [4.69, 9.17) is 14.2 Å². The van der Waals surface area contributed by atoms with Crippen LogP contribution in [0.15, 0.2) is 0 Å². The van der Waals surface area contributed by atoms with Gasteiger partial charge in [-0.05, 0) is 18.4 Å². The van der Waals surface area contributed by atoms with E-state index in [1.807, 2.05) is 0 Å². The fraction of sp³-hybridized carbons (Fsp3) is 0.500. The number of hydrogen-bond acceptors (Lipinski definition) is 7. The molecule has 1 atom stereocenters. The topological polar surface area (TPSA) is 90.9 Å². The standard InChI is InChI=1S/C14H17NO6S/c1-19-6-10(16)15-12-11(14(18)21-3)8-4-7(13(17)20-2)5-9(8)22-12/h7H,4-6H2,1-3H3,(H,15,16). The number of nitrogens with one attached hydrogen (secondary N) is 1. The predicted octanol–water partition coefficient (Wildman–Crippen LogP) is 1.01. The van der Waals surface area contributed by atoms with Crippen LogP contribution < -0.4 is 5.32 Å². The number of rotatable bonds is 5. The van der Waals surface area contributed by atoms with Crippen molar-refractivity contribution in [2.24, 2.45) is 5.92 Å². The molecule has 1 amide bonds. The highest BCUT2D eigenvalue weighted by molar-refractivity contribution is 7.17. The predicted molar refractivity (Wildman–Crippen MR) is 79.1 cm³/mol. The third-order valence-electron chi connectivity index (χ3n) is 3.43. The molecule has 120 valence electrons. The molecular weight excluding hydrogens is 310 g/mol. The van der Waals surface area contributed by atoms with Crippen molar-refractivity contribution in [3.05, 3.63) is 16.0 Å². The summed E-state index contributed by atoms with van der Waals surface area (Å²) in [7, 11) is 4.03. The Kier molecular flexibility index (Phi) is 5.15. The minimum absolute atomic E-state index is 0.103. The molecule has 1 heterocycles. The summed E-state index contributed by atoms with van der Waals surface area (Å²) in [6, 6.07) is 0. The molecule has 22 heavy (non-hydrogen) atoms. The molecule has 1 aliphatic carbocycles. The molecule has 1 N–H and O–H groups in total. The Labute approximate surface area is 131 Å². The van der Waals surface area contributed by atoms with Crippen LogP contribution in [0, 0.1) is 5.92 Å². The summed E-state index contributed by atoms with van der Waals surface area (Å²) in [6.07, 6.45) is 0.903. The SMILES string of the molecule is COCC(=O)Nc1sc2c(c1C(=O)OC)CC(C(=O)OC)C2. The molecule has 0 fully saturated rings. The number of carbonyl (C=O) groups excluding carboxylic acids is 3. The van der Waals surface area contributed by atoms with Gasteiger partial charge in [0.1, 0.15) is 11.6 Å². The van der Waals surface area contributed by atoms with Crippen LogP contribution >= 0.6 is 11.3 Å². The van der Waals surface area contributed by atoms with E-state index < -0.39 is 5.97 Å². The van der Waals surface area contributed by atoms with E-state index in [0.717, 1.165) is 10.4 Å². The molecule has 0 radical (unpaired) electrons. The van der Waals surface area contributed by atoms with Crippen LogP contribution in [0.3, 0.4) is 0 Å². The summed E-state index contributed by atoms with van der Waals surface area (Å²) in [5.41, 5.74) is 1.07. The van der Waals surface area contributed by atoms with Gasteiger partial charge < -0.3 is 19.5 Å². The molecule has 1 aromatic rings. The summed E-state index contributed by atoms with van der Waals surface area (Å²) in [5, 5.41) is 3.08. The number of hydrogen-bond donors (Lipinski definition) is 1. The number of esters is 2. The number of anilines is 1. The third kappa shape index (κ3) is 3.12. The summed E-state index contributed by atoms with van der Waals surface area (Å²) in [5.74, 6) is -1.48. The number of thiophene rings is 1.